The Morgan fingerprint density at radius 1 is 1.50 bits per heavy atom. The second-order valence-corrected chi connectivity index (χ2v) is 4.14. The van der Waals surface area contributed by atoms with Gasteiger partial charge in [-0.3, -0.25) is 0 Å². The summed E-state index contributed by atoms with van der Waals surface area (Å²) in [6.45, 7) is 7.51. The number of hydrogen-bond donors (Lipinski definition) is 0. The van der Waals surface area contributed by atoms with Gasteiger partial charge in [0.15, 0.2) is 0 Å². The van der Waals surface area contributed by atoms with E-state index in [9.17, 15) is 4.79 Å². The largest absolute Gasteiger partial charge is 0.439 e. The number of anilines is 1. The molecule has 0 bridgehead atoms. The van der Waals surface area contributed by atoms with Crippen molar-refractivity contribution in [2.75, 3.05) is 4.90 Å². The van der Waals surface area contributed by atoms with Crippen LogP contribution in [0.25, 0.3) is 0 Å². The van der Waals surface area contributed by atoms with E-state index in [0.717, 1.165) is 11.3 Å². The summed E-state index contributed by atoms with van der Waals surface area (Å²) in [5.41, 5.74) is 2.21. The number of cyclic esters (lactones) is 1. The number of halogens is 1. The molecular weight excluding hydrogens is 226 g/mol. The lowest BCUT2D eigenvalue weighted by atomic mass is 10.1. The third-order valence-corrected chi connectivity index (χ3v) is 3.11. The molecule has 1 aromatic carbocycles. The summed E-state index contributed by atoms with van der Waals surface area (Å²) >= 11 is 6.02. The third kappa shape index (κ3) is 1.57. The van der Waals surface area contributed by atoms with Gasteiger partial charge >= 0.3 is 6.09 Å². The smallest absolute Gasteiger partial charge is 0.419 e. The molecule has 2 rings (SSSR count). The van der Waals surface area contributed by atoms with E-state index in [0.29, 0.717) is 10.7 Å². The fraction of sp³-hybridized carbons (Fsp3) is 0.250. The highest BCUT2D eigenvalue weighted by Gasteiger charge is 2.34. The summed E-state index contributed by atoms with van der Waals surface area (Å²) in [6, 6.07) is 5.41. The Kier molecular flexibility index (Phi) is 2.64. The van der Waals surface area contributed by atoms with Crippen LogP contribution in [0.15, 0.2) is 30.5 Å². The molecule has 0 saturated carbocycles. The molecule has 3 nitrogen and oxygen atoms in total. The van der Waals surface area contributed by atoms with Crippen LogP contribution in [0.4, 0.5) is 10.5 Å². The molecule has 0 aliphatic carbocycles. The minimum Gasteiger partial charge on any atom is -0.439 e. The molecule has 1 aliphatic heterocycles. The van der Waals surface area contributed by atoms with Crippen LogP contribution in [-0.2, 0) is 4.74 Å². The van der Waals surface area contributed by atoms with Gasteiger partial charge in [0, 0.05) is 5.02 Å². The molecule has 0 aromatic heterocycles. The highest BCUT2D eigenvalue weighted by atomic mass is 35.5. The second-order valence-electron chi connectivity index (χ2n) is 3.74. The van der Waals surface area contributed by atoms with Crippen molar-refractivity contribution < 1.29 is 9.53 Å². The molecule has 0 N–H and O–H groups in total. The Labute approximate surface area is 99.3 Å². The quantitative estimate of drug-likeness (QED) is 0.748. The predicted octanol–water partition coefficient (Wildman–Crippen LogP) is 3.51. The van der Waals surface area contributed by atoms with E-state index in [4.69, 9.17) is 16.3 Å². The van der Waals surface area contributed by atoms with E-state index in [1.807, 2.05) is 13.0 Å². The van der Waals surface area contributed by atoms with Crippen LogP contribution in [0.5, 0.6) is 0 Å². The summed E-state index contributed by atoms with van der Waals surface area (Å²) in [5, 5.41) is 0.623. The van der Waals surface area contributed by atoms with Crippen molar-refractivity contribution >= 4 is 23.4 Å². The molecule has 1 heterocycles. The highest BCUT2D eigenvalue weighted by molar-refractivity contribution is 6.31. The zero-order valence-electron chi connectivity index (χ0n) is 9.16. The zero-order valence-corrected chi connectivity index (χ0v) is 9.91. The molecule has 1 aromatic rings. The van der Waals surface area contributed by atoms with Gasteiger partial charge in [0.2, 0.25) is 0 Å². The van der Waals surface area contributed by atoms with E-state index in [2.05, 4.69) is 6.58 Å². The van der Waals surface area contributed by atoms with Gasteiger partial charge in [0.25, 0.3) is 0 Å². The van der Waals surface area contributed by atoms with E-state index in [-0.39, 0.29) is 6.10 Å². The van der Waals surface area contributed by atoms with Crippen LogP contribution < -0.4 is 4.90 Å². The average Bonchev–Trinajstić information content (AvgIpc) is 2.47. The number of amides is 1. The lowest BCUT2D eigenvalue weighted by molar-refractivity contribution is 0.154. The first kappa shape index (κ1) is 11.0. The maximum Gasteiger partial charge on any atom is 0.419 e. The van der Waals surface area contributed by atoms with Crippen LogP contribution in [0.2, 0.25) is 5.02 Å². The maximum atomic E-state index is 11.7. The van der Waals surface area contributed by atoms with Gasteiger partial charge in [-0.25, -0.2) is 9.69 Å². The Hall–Kier alpha value is -1.48. The molecular formula is C12H12ClNO2. The third-order valence-electron chi connectivity index (χ3n) is 2.70. The number of ether oxygens (including phenoxy) is 1. The summed E-state index contributed by atoms with van der Waals surface area (Å²) in [7, 11) is 0. The van der Waals surface area contributed by atoms with Crippen LogP contribution in [-0.4, -0.2) is 12.2 Å². The molecule has 1 amide bonds. The predicted molar refractivity (Wildman–Crippen MR) is 63.8 cm³/mol. The zero-order chi connectivity index (χ0) is 11.9. The van der Waals surface area contributed by atoms with Gasteiger partial charge in [-0.05, 0) is 31.5 Å². The van der Waals surface area contributed by atoms with E-state index >= 15 is 0 Å². The Morgan fingerprint density at radius 3 is 2.75 bits per heavy atom. The molecule has 0 spiro atoms. The minimum absolute atomic E-state index is 0.286. The molecule has 16 heavy (non-hydrogen) atoms. The first-order valence-corrected chi connectivity index (χ1v) is 5.35. The van der Waals surface area contributed by atoms with E-state index in [1.54, 1.807) is 19.1 Å². The average molecular weight is 238 g/mol. The molecule has 1 saturated heterocycles. The number of nitrogens with zero attached hydrogens (tertiary/aromatic N) is 1. The van der Waals surface area contributed by atoms with Crippen molar-refractivity contribution in [2.24, 2.45) is 0 Å². The first-order valence-electron chi connectivity index (χ1n) is 4.97. The summed E-state index contributed by atoms with van der Waals surface area (Å²) in [5.74, 6) is 0. The van der Waals surface area contributed by atoms with Gasteiger partial charge in [-0.2, -0.15) is 0 Å². The summed E-state index contributed by atoms with van der Waals surface area (Å²) in [4.78, 5) is 13.1. The maximum absolute atomic E-state index is 11.7. The van der Waals surface area contributed by atoms with Gasteiger partial charge in [-0.1, -0.05) is 24.2 Å². The topological polar surface area (TPSA) is 29.5 Å². The number of carbonyl (C=O) groups excluding carboxylic acids is 1. The van der Waals surface area contributed by atoms with Crippen LogP contribution in [0, 0.1) is 6.92 Å². The van der Waals surface area contributed by atoms with Crippen molar-refractivity contribution in [2.45, 2.75) is 20.0 Å². The molecule has 1 atom stereocenters. The Bertz CT molecular complexity index is 470. The number of hydrogen-bond acceptors (Lipinski definition) is 2. The lowest BCUT2D eigenvalue weighted by Gasteiger charge is -2.17. The molecule has 0 radical (unpaired) electrons. The molecule has 4 heteroatoms. The van der Waals surface area contributed by atoms with Crippen molar-refractivity contribution in [1.82, 2.24) is 0 Å². The monoisotopic (exact) mass is 237 g/mol. The van der Waals surface area contributed by atoms with Crippen LogP contribution in [0.3, 0.4) is 0 Å². The molecule has 84 valence electrons. The van der Waals surface area contributed by atoms with E-state index in [1.165, 1.54) is 4.90 Å². The second kappa shape index (κ2) is 3.83. The van der Waals surface area contributed by atoms with Crippen molar-refractivity contribution in [3.05, 3.63) is 41.1 Å². The van der Waals surface area contributed by atoms with Crippen molar-refractivity contribution in [3.63, 3.8) is 0 Å². The summed E-state index contributed by atoms with van der Waals surface area (Å²) in [6.07, 6.45) is -0.686. The number of carbonyl (C=O) groups is 1. The Balaban J connectivity index is 2.49. The van der Waals surface area contributed by atoms with Gasteiger partial charge in [0.1, 0.15) is 6.10 Å². The number of rotatable bonds is 1. The van der Waals surface area contributed by atoms with E-state index < -0.39 is 6.09 Å². The number of benzene rings is 1. The van der Waals surface area contributed by atoms with Crippen molar-refractivity contribution in [1.29, 1.82) is 0 Å². The minimum atomic E-state index is -0.400. The van der Waals surface area contributed by atoms with Gasteiger partial charge < -0.3 is 4.74 Å². The molecule has 1 fully saturated rings. The lowest BCUT2D eigenvalue weighted by Crippen LogP contribution is -2.22. The van der Waals surface area contributed by atoms with Crippen LogP contribution >= 0.6 is 11.6 Å². The SMILES string of the molecule is C=C1C(C)OC(=O)N1c1cccc(Cl)c1C. The van der Waals surface area contributed by atoms with Crippen molar-refractivity contribution in [3.8, 4) is 0 Å². The molecule has 1 aliphatic rings. The highest BCUT2D eigenvalue weighted by Crippen LogP contribution is 2.33. The molecule has 1 unspecified atom stereocenters. The fourth-order valence-electron chi connectivity index (χ4n) is 1.66. The standard InChI is InChI=1S/C12H12ClNO2/c1-7-10(13)5-4-6-11(7)14-8(2)9(3)16-12(14)15/h4-6,9H,2H2,1,3H3. The van der Waals surface area contributed by atoms with Gasteiger partial charge in [0.05, 0.1) is 11.4 Å². The first-order chi connectivity index (χ1) is 7.52. The van der Waals surface area contributed by atoms with Gasteiger partial charge in [-0.15, -0.1) is 0 Å². The Morgan fingerprint density at radius 2 is 2.19 bits per heavy atom. The normalized spacial score (nSPS) is 20.2. The van der Waals surface area contributed by atoms with Crippen LogP contribution in [0.1, 0.15) is 12.5 Å². The summed E-state index contributed by atoms with van der Waals surface area (Å²) < 4.78 is 5.08. The fourth-order valence-corrected chi connectivity index (χ4v) is 1.83.